The Kier molecular flexibility index (Phi) is 7.05. The van der Waals surface area contributed by atoms with Crippen molar-refractivity contribution in [2.45, 2.75) is 6.92 Å². The zero-order valence-electron chi connectivity index (χ0n) is 8.07. The molecule has 0 bridgehead atoms. The number of esters is 1. The van der Waals surface area contributed by atoms with Crippen LogP contribution in [0.4, 0.5) is 0 Å². The Labute approximate surface area is 112 Å². The summed E-state index contributed by atoms with van der Waals surface area (Å²) in [5.41, 5.74) is 0.938. The zero-order valence-corrected chi connectivity index (χ0v) is 8.07. The minimum absolute atomic E-state index is 0. The van der Waals surface area contributed by atoms with Crippen LogP contribution in [0.15, 0.2) is 49.1 Å². The summed E-state index contributed by atoms with van der Waals surface area (Å²) >= 11 is 0. The molecule has 0 aliphatic carbocycles. The number of para-hydroxylation sites is 1. The second-order valence-electron chi connectivity index (χ2n) is 2.78. The third-order valence-electron chi connectivity index (χ3n) is 1.67. The van der Waals surface area contributed by atoms with Crippen molar-refractivity contribution >= 4 is 35.5 Å². The van der Waals surface area contributed by atoms with Crippen molar-refractivity contribution in [1.82, 2.24) is 0 Å². The van der Waals surface area contributed by atoms with Crippen molar-refractivity contribution in [2.24, 2.45) is 0 Å². The van der Waals surface area contributed by atoms with Crippen molar-refractivity contribution in [1.29, 1.82) is 0 Å². The van der Waals surface area contributed by atoms with Gasteiger partial charge in [-0.05, 0) is 18.6 Å². The molecule has 0 aromatic heterocycles. The van der Waals surface area contributed by atoms with Gasteiger partial charge in [0.05, 0.1) is 0 Å². The molecule has 3 heteroatoms. The number of allylic oxidation sites excluding steroid dienone is 2. The molecule has 0 aliphatic rings. The summed E-state index contributed by atoms with van der Waals surface area (Å²) in [6.45, 7) is 5.35. The van der Waals surface area contributed by atoms with Crippen LogP contribution in [-0.4, -0.2) is 35.5 Å². The molecule has 0 N–H and O–H groups in total. The van der Waals surface area contributed by atoms with E-state index < -0.39 is 0 Å². The molecule has 1 aromatic rings. The van der Waals surface area contributed by atoms with Crippen LogP contribution in [0.2, 0.25) is 0 Å². The maximum absolute atomic E-state index is 11.2. The molecular weight excluding hydrogens is 199 g/mol. The summed E-state index contributed by atoms with van der Waals surface area (Å²) in [4.78, 5) is 11.2. The molecule has 0 saturated heterocycles. The molecule has 0 amide bonds. The molecule has 0 unspecified atom stereocenters. The molecule has 0 radical (unpaired) electrons. The number of rotatable bonds is 3. The van der Waals surface area contributed by atoms with Gasteiger partial charge < -0.3 is 4.74 Å². The normalized spacial score (nSPS) is 9.40. The quantitative estimate of drug-likeness (QED) is 0.252. The topological polar surface area (TPSA) is 26.3 Å². The van der Waals surface area contributed by atoms with Gasteiger partial charge in [-0.1, -0.05) is 36.9 Å². The Morgan fingerprint density at radius 1 is 1.40 bits per heavy atom. The van der Waals surface area contributed by atoms with E-state index in [2.05, 4.69) is 6.58 Å². The number of benzene rings is 1. The summed E-state index contributed by atoms with van der Waals surface area (Å²) in [5.74, 6) is 0.199. The molecule has 0 spiro atoms. The van der Waals surface area contributed by atoms with Crippen molar-refractivity contribution in [3.05, 3.63) is 54.6 Å². The second kappa shape index (κ2) is 7.46. The van der Waals surface area contributed by atoms with E-state index in [1.54, 1.807) is 12.1 Å². The van der Waals surface area contributed by atoms with Crippen molar-refractivity contribution in [2.75, 3.05) is 0 Å². The van der Waals surface area contributed by atoms with Gasteiger partial charge in [0.15, 0.2) is 0 Å². The molecule has 0 saturated carbocycles. The maximum atomic E-state index is 11.2. The van der Waals surface area contributed by atoms with Gasteiger partial charge in [0.2, 0.25) is 0 Å². The van der Waals surface area contributed by atoms with Gasteiger partial charge in [-0.15, -0.1) is 0 Å². The van der Waals surface area contributed by atoms with Crippen LogP contribution < -0.4 is 4.74 Å². The summed E-state index contributed by atoms with van der Waals surface area (Å²) in [6.07, 6.45) is 4.40. The summed E-state index contributed by atoms with van der Waals surface area (Å²) in [5, 5.41) is 0. The molecular formula is C12H13NaO2. The van der Waals surface area contributed by atoms with Crippen LogP contribution in [0.5, 0.6) is 5.75 Å². The predicted molar refractivity (Wildman–Crippen MR) is 63.3 cm³/mol. The van der Waals surface area contributed by atoms with Gasteiger partial charge >= 0.3 is 35.5 Å². The fraction of sp³-hybridized carbons (Fsp3) is 0.0833. The van der Waals surface area contributed by atoms with Gasteiger partial charge in [0.1, 0.15) is 5.75 Å². The van der Waals surface area contributed by atoms with Crippen LogP contribution >= 0.6 is 0 Å². The zero-order chi connectivity index (χ0) is 10.4. The molecule has 2 nitrogen and oxygen atoms in total. The van der Waals surface area contributed by atoms with Gasteiger partial charge in [0, 0.05) is 6.08 Å². The van der Waals surface area contributed by atoms with Crippen molar-refractivity contribution < 1.29 is 9.53 Å². The molecule has 0 fully saturated rings. The first kappa shape index (κ1) is 14.2. The third kappa shape index (κ3) is 4.98. The standard InChI is InChI=1S/C12H12O2.Na.H/c1-3-4-9-12(13)14-11-8-6-5-7-10(11)2;;/h3-9H,1H2,2H3;;. The van der Waals surface area contributed by atoms with Gasteiger partial charge in [-0.2, -0.15) is 0 Å². The second-order valence-corrected chi connectivity index (χ2v) is 2.78. The molecule has 1 rings (SSSR count). The third-order valence-corrected chi connectivity index (χ3v) is 1.67. The number of carbonyl (C=O) groups excluding carboxylic acids is 1. The molecule has 1 aromatic carbocycles. The van der Waals surface area contributed by atoms with Crippen LogP contribution in [0.1, 0.15) is 5.56 Å². The van der Waals surface area contributed by atoms with Crippen LogP contribution in [-0.2, 0) is 4.79 Å². The van der Waals surface area contributed by atoms with E-state index in [4.69, 9.17) is 4.74 Å². The van der Waals surface area contributed by atoms with E-state index in [0.717, 1.165) is 5.56 Å². The Bertz CT molecular complexity index is 370. The van der Waals surface area contributed by atoms with Crippen molar-refractivity contribution in [3.8, 4) is 5.75 Å². The molecule has 74 valence electrons. The number of hydrogen-bond acceptors (Lipinski definition) is 2. The number of aryl methyl sites for hydroxylation is 1. The fourth-order valence-electron chi connectivity index (χ4n) is 0.960. The van der Waals surface area contributed by atoms with E-state index in [1.165, 1.54) is 12.2 Å². The Balaban J connectivity index is 0.00000196. The van der Waals surface area contributed by atoms with E-state index >= 15 is 0 Å². The predicted octanol–water partition coefficient (Wildman–Crippen LogP) is 1.99. The van der Waals surface area contributed by atoms with Crippen LogP contribution in [0, 0.1) is 6.92 Å². The van der Waals surface area contributed by atoms with Crippen LogP contribution in [0.25, 0.3) is 0 Å². The molecule has 0 heterocycles. The number of carbonyl (C=O) groups is 1. The van der Waals surface area contributed by atoms with E-state index in [9.17, 15) is 4.79 Å². The summed E-state index contributed by atoms with van der Waals surface area (Å²) in [7, 11) is 0. The first-order valence-electron chi connectivity index (χ1n) is 4.30. The van der Waals surface area contributed by atoms with E-state index in [0.29, 0.717) is 5.75 Å². The minimum atomic E-state index is -0.390. The molecule has 0 aliphatic heterocycles. The summed E-state index contributed by atoms with van der Waals surface area (Å²) in [6, 6.07) is 7.37. The van der Waals surface area contributed by atoms with E-state index in [1.807, 2.05) is 25.1 Å². The van der Waals surface area contributed by atoms with Crippen LogP contribution in [0.3, 0.4) is 0 Å². The van der Waals surface area contributed by atoms with Gasteiger partial charge in [-0.3, -0.25) is 0 Å². The van der Waals surface area contributed by atoms with E-state index in [-0.39, 0.29) is 35.5 Å². The molecule has 0 atom stereocenters. The Morgan fingerprint density at radius 2 is 2.07 bits per heavy atom. The average molecular weight is 212 g/mol. The Hall–Kier alpha value is -0.830. The number of ether oxygens (including phenoxy) is 1. The van der Waals surface area contributed by atoms with Gasteiger partial charge in [0.25, 0.3) is 0 Å². The number of hydrogen-bond donors (Lipinski definition) is 0. The first-order valence-corrected chi connectivity index (χ1v) is 4.30. The van der Waals surface area contributed by atoms with Crippen molar-refractivity contribution in [3.63, 3.8) is 0 Å². The fourth-order valence-corrected chi connectivity index (χ4v) is 0.960. The Morgan fingerprint density at radius 3 is 2.67 bits per heavy atom. The first-order chi connectivity index (χ1) is 6.74. The SMILES string of the molecule is C=CC=CC(=O)Oc1ccccc1C.[NaH]. The average Bonchev–Trinajstić information content (AvgIpc) is 2.18. The summed E-state index contributed by atoms with van der Waals surface area (Å²) < 4.78 is 5.07. The van der Waals surface area contributed by atoms with Gasteiger partial charge in [-0.25, -0.2) is 4.79 Å². The molecule has 15 heavy (non-hydrogen) atoms. The monoisotopic (exact) mass is 212 g/mol.